The van der Waals surface area contributed by atoms with E-state index in [0.717, 1.165) is 0 Å². The Kier molecular flexibility index (Phi) is 10.2. The molecule has 0 saturated carbocycles. The number of carbonyl (C=O) groups is 4. The summed E-state index contributed by atoms with van der Waals surface area (Å²) in [7, 11) is 1.49. The highest BCUT2D eigenvalue weighted by atomic mass is 19.4. The van der Waals surface area contributed by atoms with Gasteiger partial charge in [0, 0.05) is 11.3 Å². The minimum absolute atomic E-state index is 0.0862. The first-order chi connectivity index (χ1) is 20.6. The molecule has 3 aromatic rings. The Morgan fingerprint density at radius 3 is 1.95 bits per heavy atom. The largest absolute Gasteiger partial charge is 0.493 e. The van der Waals surface area contributed by atoms with Gasteiger partial charge in [-0.05, 0) is 67.9 Å². The highest BCUT2D eigenvalue weighted by molar-refractivity contribution is 6.21. The van der Waals surface area contributed by atoms with E-state index in [0.29, 0.717) is 33.3 Å². The fraction of sp³-hybridized carbons (Fsp3) is 0.207. The monoisotopic (exact) mass is 615 g/mol. The number of hydrogen-bond acceptors (Lipinski definition) is 8. The fourth-order valence-electron chi connectivity index (χ4n) is 3.89. The number of nitrogen functional groups attached to an aromatic ring is 1. The van der Waals surface area contributed by atoms with Crippen LogP contribution in [0.1, 0.15) is 51.7 Å². The number of ether oxygens (including phenoxy) is 2. The number of methoxy groups -OCH3 is 1. The number of carboxylic acid groups (broad SMARTS) is 1. The second-order valence-electron chi connectivity index (χ2n) is 9.42. The average molecular weight is 616 g/mol. The number of hydrogen-bond donors (Lipinski definition) is 5. The summed E-state index contributed by atoms with van der Waals surface area (Å²) in [5, 5.41) is 18.5. The molecule has 6 N–H and O–H groups in total. The Balaban J connectivity index is 0.000000676. The van der Waals surface area contributed by atoms with E-state index in [2.05, 4.69) is 10.7 Å². The highest BCUT2D eigenvalue weighted by Gasteiger charge is 2.39. The van der Waals surface area contributed by atoms with Crippen molar-refractivity contribution in [3.05, 3.63) is 89.0 Å². The molecule has 1 atom stereocenters. The lowest BCUT2D eigenvalue weighted by Crippen LogP contribution is -2.48. The third-order valence-corrected chi connectivity index (χ3v) is 5.91. The van der Waals surface area contributed by atoms with Crippen molar-refractivity contribution in [2.24, 2.45) is 5.73 Å². The van der Waals surface area contributed by atoms with Gasteiger partial charge in [0.15, 0.2) is 11.5 Å². The van der Waals surface area contributed by atoms with Gasteiger partial charge in [-0.15, -0.1) is 0 Å². The smallest absolute Gasteiger partial charge is 0.490 e. The van der Waals surface area contributed by atoms with Gasteiger partial charge in [0.25, 0.3) is 17.7 Å². The zero-order valence-electron chi connectivity index (χ0n) is 23.6. The number of nitrogens with one attached hydrogen (secondary N) is 3. The number of nitrogens with zero attached hydrogens (tertiary/aromatic N) is 1. The SMILES string of the molecule is COc1cc(C(Nc2ccc(C(=N)N)cc2)C(=O)NN2C(=O)c3ccccc3C2=O)ccc1OC(C)C.O=C(O)C(F)(F)F. The zero-order valence-corrected chi connectivity index (χ0v) is 23.6. The molecule has 0 aromatic heterocycles. The summed E-state index contributed by atoms with van der Waals surface area (Å²) in [4.78, 5) is 48.1. The van der Waals surface area contributed by atoms with Crippen molar-refractivity contribution in [2.45, 2.75) is 32.2 Å². The van der Waals surface area contributed by atoms with Crippen LogP contribution in [0.25, 0.3) is 0 Å². The van der Waals surface area contributed by atoms with E-state index in [9.17, 15) is 27.6 Å². The lowest BCUT2D eigenvalue weighted by Gasteiger charge is -2.24. The Bertz CT molecular complexity index is 1540. The molecule has 12 nitrogen and oxygen atoms in total. The van der Waals surface area contributed by atoms with Crippen LogP contribution in [0.2, 0.25) is 0 Å². The van der Waals surface area contributed by atoms with Crippen LogP contribution in [-0.4, -0.2) is 59.0 Å². The van der Waals surface area contributed by atoms with Crippen molar-refractivity contribution >= 4 is 35.2 Å². The van der Waals surface area contributed by atoms with Crippen LogP contribution in [0.4, 0.5) is 18.9 Å². The Hall–Kier alpha value is -5.60. The van der Waals surface area contributed by atoms with Crippen molar-refractivity contribution in [3.63, 3.8) is 0 Å². The molecule has 44 heavy (non-hydrogen) atoms. The molecule has 1 heterocycles. The van der Waals surface area contributed by atoms with Gasteiger partial charge in [-0.3, -0.25) is 25.2 Å². The normalized spacial score (nSPS) is 12.9. The standard InChI is InChI=1S/C27H27N5O5.C2HF3O2/c1-15(2)37-21-13-10-17(14-22(21)36-3)23(30-18-11-8-16(9-12-18)24(28)29)25(33)31-32-26(34)19-6-4-5-7-20(19)27(32)35;3-2(4,5)1(6)7/h4-15,23,30H,1-3H3,(H3,28,29)(H,31,33);(H,6,7). The number of nitrogens with two attached hydrogens (primary N) is 1. The van der Waals surface area contributed by atoms with Crippen molar-refractivity contribution < 1.29 is 46.9 Å². The average Bonchev–Trinajstić information content (AvgIpc) is 3.20. The van der Waals surface area contributed by atoms with Gasteiger partial charge in [0.2, 0.25) is 0 Å². The predicted molar refractivity (Wildman–Crippen MR) is 151 cm³/mol. The first-order valence-electron chi connectivity index (χ1n) is 12.8. The van der Waals surface area contributed by atoms with E-state index in [1.165, 1.54) is 19.2 Å². The quantitative estimate of drug-likeness (QED) is 0.135. The van der Waals surface area contributed by atoms with Crippen molar-refractivity contribution in [1.82, 2.24) is 10.4 Å². The van der Waals surface area contributed by atoms with Gasteiger partial charge < -0.3 is 25.6 Å². The van der Waals surface area contributed by atoms with Crippen LogP contribution in [0.5, 0.6) is 11.5 Å². The topological polar surface area (TPSA) is 184 Å². The summed E-state index contributed by atoms with van der Waals surface area (Å²) in [5.74, 6) is -3.80. The molecular formula is C29H28F3N5O7. The van der Waals surface area contributed by atoms with Gasteiger partial charge >= 0.3 is 12.1 Å². The van der Waals surface area contributed by atoms with E-state index in [1.54, 1.807) is 54.6 Å². The maximum Gasteiger partial charge on any atom is 0.490 e. The molecular weight excluding hydrogens is 587 g/mol. The minimum atomic E-state index is -5.08. The molecule has 0 spiro atoms. The van der Waals surface area contributed by atoms with Crippen molar-refractivity contribution in [3.8, 4) is 11.5 Å². The zero-order chi connectivity index (χ0) is 32.8. The van der Waals surface area contributed by atoms with Gasteiger partial charge in [-0.25, -0.2) is 4.79 Å². The molecule has 15 heteroatoms. The number of carbonyl (C=O) groups excluding carboxylic acids is 3. The molecule has 0 radical (unpaired) electrons. The first kappa shape index (κ1) is 32.9. The number of amidine groups is 1. The number of fused-ring (bicyclic) bond motifs is 1. The number of rotatable bonds is 9. The van der Waals surface area contributed by atoms with Crippen LogP contribution in [0.3, 0.4) is 0 Å². The lowest BCUT2D eigenvalue weighted by atomic mass is 10.0. The van der Waals surface area contributed by atoms with Crippen LogP contribution < -0.4 is 25.9 Å². The molecule has 232 valence electrons. The van der Waals surface area contributed by atoms with E-state index in [1.807, 2.05) is 13.8 Å². The number of alkyl halides is 3. The summed E-state index contributed by atoms with van der Waals surface area (Å²) in [5.41, 5.74) is 10.0. The summed E-state index contributed by atoms with van der Waals surface area (Å²) >= 11 is 0. The molecule has 0 fully saturated rings. The van der Waals surface area contributed by atoms with Crippen LogP contribution in [-0.2, 0) is 9.59 Å². The third kappa shape index (κ3) is 7.81. The number of carboxylic acids is 1. The number of aliphatic carboxylic acids is 1. The molecule has 0 bridgehead atoms. The van der Waals surface area contributed by atoms with Crippen LogP contribution in [0, 0.1) is 5.41 Å². The molecule has 1 aliphatic heterocycles. The third-order valence-electron chi connectivity index (χ3n) is 5.91. The van der Waals surface area contributed by atoms with E-state index < -0.39 is 35.9 Å². The molecule has 1 unspecified atom stereocenters. The number of anilines is 1. The van der Waals surface area contributed by atoms with E-state index in [-0.39, 0.29) is 23.1 Å². The summed E-state index contributed by atoms with van der Waals surface area (Å²) in [6, 6.07) is 17.0. The molecule has 4 rings (SSSR count). The maximum atomic E-state index is 13.5. The molecule has 3 amide bonds. The number of benzene rings is 3. The highest BCUT2D eigenvalue weighted by Crippen LogP contribution is 2.33. The number of hydrazine groups is 1. The number of amides is 3. The Labute approximate surface area is 249 Å². The minimum Gasteiger partial charge on any atom is -0.493 e. The number of halogens is 3. The Morgan fingerprint density at radius 2 is 1.50 bits per heavy atom. The van der Waals surface area contributed by atoms with Crippen LogP contribution >= 0.6 is 0 Å². The fourth-order valence-corrected chi connectivity index (χ4v) is 3.89. The second kappa shape index (κ2) is 13.6. The summed E-state index contributed by atoms with van der Waals surface area (Å²) < 4.78 is 43.0. The van der Waals surface area contributed by atoms with E-state index in [4.69, 9.17) is 30.5 Å². The van der Waals surface area contributed by atoms with Crippen molar-refractivity contribution in [2.75, 3.05) is 12.4 Å². The van der Waals surface area contributed by atoms with Crippen LogP contribution in [0.15, 0.2) is 66.7 Å². The van der Waals surface area contributed by atoms with Gasteiger partial charge in [0.1, 0.15) is 11.9 Å². The molecule has 1 aliphatic rings. The summed E-state index contributed by atoms with van der Waals surface area (Å²) in [6.07, 6.45) is -5.18. The lowest BCUT2D eigenvalue weighted by molar-refractivity contribution is -0.192. The second-order valence-corrected chi connectivity index (χ2v) is 9.42. The molecule has 3 aromatic carbocycles. The van der Waals surface area contributed by atoms with Gasteiger partial charge in [-0.2, -0.15) is 18.2 Å². The molecule has 0 aliphatic carbocycles. The summed E-state index contributed by atoms with van der Waals surface area (Å²) in [6.45, 7) is 3.77. The van der Waals surface area contributed by atoms with Gasteiger partial charge in [0.05, 0.1) is 24.3 Å². The van der Waals surface area contributed by atoms with Gasteiger partial charge in [-0.1, -0.05) is 18.2 Å². The van der Waals surface area contributed by atoms with Crippen molar-refractivity contribution in [1.29, 1.82) is 5.41 Å². The maximum absolute atomic E-state index is 13.5. The number of imide groups is 1. The Morgan fingerprint density at radius 1 is 0.955 bits per heavy atom. The predicted octanol–water partition coefficient (Wildman–Crippen LogP) is 3.88. The molecule has 0 saturated heterocycles. The first-order valence-corrected chi connectivity index (χ1v) is 12.8. The van der Waals surface area contributed by atoms with E-state index >= 15 is 0 Å².